The van der Waals surface area contributed by atoms with Gasteiger partial charge in [-0.15, -0.1) is 11.3 Å². The zero-order chi connectivity index (χ0) is 31.3. The molecule has 2 N–H and O–H groups in total. The summed E-state index contributed by atoms with van der Waals surface area (Å²) >= 11 is 1.27. The summed E-state index contributed by atoms with van der Waals surface area (Å²) in [6.45, 7) is 5.76. The highest BCUT2D eigenvalue weighted by Gasteiger charge is 2.32. The van der Waals surface area contributed by atoms with Crippen molar-refractivity contribution in [3.05, 3.63) is 46.8 Å². The number of nitrogens with one attached hydrogen (secondary N) is 2. The van der Waals surface area contributed by atoms with Gasteiger partial charge in [0.2, 0.25) is 6.86 Å². The monoisotopic (exact) mass is 651 g/mol. The lowest BCUT2D eigenvalue weighted by atomic mass is 9.89. The van der Waals surface area contributed by atoms with Gasteiger partial charge in [0.1, 0.15) is 12.9 Å². The summed E-state index contributed by atoms with van der Waals surface area (Å²) in [6, 6.07) is 11.1. The third-order valence-electron chi connectivity index (χ3n) is 8.18. The van der Waals surface area contributed by atoms with Crippen molar-refractivity contribution in [3.8, 4) is 17.6 Å². The van der Waals surface area contributed by atoms with E-state index in [1.165, 1.54) is 17.4 Å². The smallest absolute Gasteiger partial charge is 0.393 e. The number of thiophene rings is 1. The van der Waals surface area contributed by atoms with E-state index in [9.17, 15) is 22.1 Å². The van der Waals surface area contributed by atoms with Gasteiger partial charge in [0.05, 0.1) is 47.1 Å². The number of rotatable bonds is 9. The standard InChI is InChI=1S/C32H38F4N3O3PS/c1-43(2,40)24-12-13-27(29(19-24)42-21-33)37-14-4-7-30-26(20-32(34,35)36)25-5-3-6-28(31(25)44-30)38-22-8-10-23(11-9-22)39-15-17-41-18-16-39/h3,5-6,12-13,19,22-23,37-38H,8-11,14-18,20-21H2,1-2H3. The van der Waals surface area contributed by atoms with Gasteiger partial charge < -0.3 is 24.7 Å². The predicted molar refractivity (Wildman–Crippen MR) is 171 cm³/mol. The van der Waals surface area contributed by atoms with Crippen molar-refractivity contribution < 1.29 is 31.6 Å². The summed E-state index contributed by atoms with van der Waals surface area (Å²) in [4.78, 5) is 2.89. The molecule has 0 unspecified atom stereocenters. The van der Waals surface area contributed by atoms with Crippen LogP contribution in [0.25, 0.3) is 10.1 Å². The first-order valence-electron chi connectivity index (χ1n) is 14.8. The minimum absolute atomic E-state index is 0.0924. The number of alkyl halides is 4. The number of fused-ring (bicyclic) bond motifs is 1. The van der Waals surface area contributed by atoms with Crippen LogP contribution in [0.15, 0.2) is 36.4 Å². The lowest BCUT2D eigenvalue weighted by molar-refractivity contribution is -0.126. The molecule has 2 aromatic carbocycles. The van der Waals surface area contributed by atoms with Crippen LogP contribution in [0.2, 0.25) is 0 Å². The Bertz CT molecular complexity index is 1550. The van der Waals surface area contributed by atoms with Crippen molar-refractivity contribution in [1.82, 2.24) is 4.90 Å². The van der Waals surface area contributed by atoms with E-state index in [1.807, 2.05) is 6.07 Å². The molecule has 238 valence electrons. The van der Waals surface area contributed by atoms with Crippen molar-refractivity contribution in [2.24, 2.45) is 0 Å². The molecule has 0 atom stereocenters. The molecule has 0 spiro atoms. The van der Waals surface area contributed by atoms with Crippen LogP contribution in [-0.2, 0) is 15.7 Å². The fraction of sp³-hybridized carbons (Fsp3) is 0.500. The minimum atomic E-state index is -4.39. The largest absolute Gasteiger partial charge is 0.461 e. The highest BCUT2D eigenvalue weighted by atomic mass is 32.1. The van der Waals surface area contributed by atoms with Gasteiger partial charge in [-0.25, -0.2) is 4.39 Å². The maximum atomic E-state index is 13.7. The maximum absolute atomic E-state index is 13.7. The Balaban J connectivity index is 1.33. The van der Waals surface area contributed by atoms with Gasteiger partial charge in [-0.05, 0) is 74.2 Å². The lowest BCUT2D eigenvalue weighted by Crippen LogP contribution is -2.46. The van der Waals surface area contributed by atoms with Crippen molar-refractivity contribution >= 4 is 45.2 Å². The predicted octanol–water partition coefficient (Wildman–Crippen LogP) is 7.08. The van der Waals surface area contributed by atoms with E-state index in [-0.39, 0.29) is 23.9 Å². The normalized spacial score (nSPS) is 19.8. The molecule has 1 saturated heterocycles. The minimum Gasteiger partial charge on any atom is -0.461 e. The third kappa shape index (κ3) is 8.28. The molecule has 0 bridgehead atoms. The molecule has 2 fully saturated rings. The molecule has 0 amide bonds. The lowest BCUT2D eigenvalue weighted by Gasteiger charge is -2.39. The zero-order valence-corrected chi connectivity index (χ0v) is 26.6. The Morgan fingerprint density at radius 2 is 1.84 bits per heavy atom. The molecule has 12 heteroatoms. The first-order chi connectivity index (χ1) is 21.0. The van der Waals surface area contributed by atoms with Crippen LogP contribution in [0, 0.1) is 11.8 Å². The maximum Gasteiger partial charge on any atom is 0.393 e. The molecule has 0 radical (unpaired) electrons. The zero-order valence-electron chi connectivity index (χ0n) is 24.9. The Kier molecular flexibility index (Phi) is 10.5. The number of halogens is 4. The van der Waals surface area contributed by atoms with Crippen molar-refractivity contribution in [2.75, 3.05) is 63.7 Å². The summed E-state index contributed by atoms with van der Waals surface area (Å²) in [5.41, 5.74) is 1.47. The van der Waals surface area contributed by atoms with E-state index < -0.39 is 26.6 Å². The summed E-state index contributed by atoms with van der Waals surface area (Å²) in [5.74, 6) is 6.09. The number of ether oxygens (including phenoxy) is 2. The fourth-order valence-electron chi connectivity index (χ4n) is 5.94. The van der Waals surface area contributed by atoms with Crippen LogP contribution < -0.4 is 20.7 Å². The summed E-state index contributed by atoms with van der Waals surface area (Å²) in [5, 5.41) is 7.79. The fourth-order valence-corrected chi connectivity index (χ4v) is 7.98. The van der Waals surface area contributed by atoms with Gasteiger partial charge >= 0.3 is 6.18 Å². The van der Waals surface area contributed by atoms with Crippen LogP contribution in [0.1, 0.15) is 36.1 Å². The quantitative estimate of drug-likeness (QED) is 0.147. The van der Waals surface area contributed by atoms with Gasteiger partial charge in [-0.1, -0.05) is 24.0 Å². The highest BCUT2D eigenvalue weighted by Crippen LogP contribution is 2.40. The molecule has 6 nitrogen and oxygen atoms in total. The number of benzene rings is 2. The molecular weight excluding hydrogens is 613 g/mol. The molecular formula is C32H38F4N3O3PS. The molecule has 2 aliphatic rings. The Labute approximate surface area is 259 Å². The number of anilines is 2. The molecule has 1 aliphatic heterocycles. The number of nitrogens with zero attached hydrogens (tertiary/aromatic N) is 1. The van der Waals surface area contributed by atoms with E-state index >= 15 is 0 Å². The number of hydrogen-bond donors (Lipinski definition) is 2. The SMILES string of the molecule is CP(C)(=O)c1ccc(NCC#Cc2sc3c(NC4CCC(N5CCOCC5)CC4)cccc3c2CC(F)(F)F)c(OCF)c1. The molecule has 2 heterocycles. The second-order valence-electron chi connectivity index (χ2n) is 11.6. The van der Waals surface area contributed by atoms with Gasteiger partial charge in [0.25, 0.3) is 0 Å². The average molecular weight is 652 g/mol. The molecule has 44 heavy (non-hydrogen) atoms. The average Bonchev–Trinajstić information content (AvgIpc) is 3.33. The van der Waals surface area contributed by atoms with Gasteiger partial charge in [0, 0.05) is 30.5 Å². The van der Waals surface area contributed by atoms with E-state index in [4.69, 9.17) is 9.47 Å². The Morgan fingerprint density at radius 3 is 2.52 bits per heavy atom. The van der Waals surface area contributed by atoms with Crippen LogP contribution >= 0.6 is 18.5 Å². The summed E-state index contributed by atoms with van der Waals surface area (Å²) in [7, 11) is -2.58. The number of morpholine rings is 1. The van der Waals surface area contributed by atoms with E-state index in [1.54, 1.807) is 37.6 Å². The second kappa shape index (κ2) is 14.1. The van der Waals surface area contributed by atoms with E-state index in [0.29, 0.717) is 27.3 Å². The molecule has 5 rings (SSSR count). The van der Waals surface area contributed by atoms with Gasteiger partial charge in [-0.3, -0.25) is 4.90 Å². The van der Waals surface area contributed by atoms with Gasteiger partial charge in [-0.2, -0.15) is 13.2 Å². The third-order valence-corrected chi connectivity index (χ3v) is 10.9. The first-order valence-corrected chi connectivity index (χ1v) is 18.2. The van der Waals surface area contributed by atoms with Crippen molar-refractivity contribution in [1.29, 1.82) is 0 Å². The Morgan fingerprint density at radius 1 is 1.09 bits per heavy atom. The number of hydrogen-bond acceptors (Lipinski definition) is 7. The van der Waals surface area contributed by atoms with Crippen molar-refractivity contribution in [2.45, 2.75) is 50.4 Å². The van der Waals surface area contributed by atoms with Crippen molar-refractivity contribution in [3.63, 3.8) is 0 Å². The summed E-state index contributed by atoms with van der Waals surface area (Å²) in [6.07, 6.45) is -1.29. The molecule has 1 aliphatic carbocycles. The topological polar surface area (TPSA) is 62.8 Å². The van der Waals surface area contributed by atoms with Crippen LogP contribution in [0.5, 0.6) is 5.75 Å². The molecule has 1 aromatic heterocycles. The van der Waals surface area contributed by atoms with Crippen LogP contribution in [0.3, 0.4) is 0 Å². The van der Waals surface area contributed by atoms with Gasteiger partial charge in [0.15, 0.2) is 0 Å². The van der Waals surface area contributed by atoms with Crippen LogP contribution in [0.4, 0.5) is 28.9 Å². The highest BCUT2D eigenvalue weighted by molar-refractivity contribution is 7.70. The second-order valence-corrected chi connectivity index (χ2v) is 15.9. The molecule has 3 aromatic rings. The summed E-state index contributed by atoms with van der Waals surface area (Å²) < 4.78 is 77.8. The first kappa shape index (κ1) is 32.6. The Hall–Kier alpha value is -2.77. The van der Waals surface area contributed by atoms with E-state index in [2.05, 4.69) is 27.4 Å². The molecule has 1 saturated carbocycles. The van der Waals surface area contributed by atoms with Crippen LogP contribution in [-0.4, -0.2) is 76.2 Å². The van der Waals surface area contributed by atoms with E-state index in [0.717, 1.165) is 62.4 Å².